The van der Waals surface area contributed by atoms with Gasteiger partial charge in [-0.3, -0.25) is 4.98 Å². The first-order chi connectivity index (χ1) is 9.66. The Hall–Kier alpha value is -2.28. The van der Waals surface area contributed by atoms with Gasteiger partial charge in [0.1, 0.15) is 22.8 Å². The molecule has 0 aliphatic heterocycles. The molecule has 0 saturated heterocycles. The molecule has 0 saturated carbocycles. The monoisotopic (exact) mass is 335 g/mol. The molecule has 1 aromatic carbocycles. The van der Waals surface area contributed by atoms with Gasteiger partial charge in [0.2, 0.25) is 5.82 Å². The standard InChI is InChI=1S/C13H7BrFN3O2/c14-7-3-2-6-16-11(7)12-17-13(20-18-12)10-8(15)4-1-5-9(10)19/h1-6,19H. The van der Waals surface area contributed by atoms with Crippen LogP contribution in [0.25, 0.3) is 23.0 Å². The second-order valence-corrected chi connectivity index (χ2v) is 4.75. The molecule has 0 fully saturated rings. The van der Waals surface area contributed by atoms with Crippen LogP contribution < -0.4 is 0 Å². The van der Waals surface area contributed by atoms with Gasteiger partial charge >= 0.3 is 0 Å². The fourth-order valence-corrected chi connectivity index (χ4v) is 2.13. The first kappa shape index (κ1) is 12.7. The van der Waals surface area contributed by atoms with Crippen LogP contribution in [-0.2, 0) is 0 Å². The Labute approximate surface area is 121 Å². The Morgan fingerprint density at radius 1 is 1.20 bits per heavy atom. The normalized spacial score (nSPS) is 10.7. The van der Waals surface area contributed by atoms with Crippen LogP contribution in [0.15, 0.2) is 45.5 Å². The fourth-order valence-electron chi connectivity index (χ4n) is 1.70. The van der Waals surface area contributed by atoms with Crippen molar-refractivity contribution >= 4 is 15.9 Å². The van der Waals surface area contributed by atoms with Gasteiger partial charge in [-0.1, -0.05) is 11.2 Å². The van der Waals surface area contributed by atoms with Gasteiger partial charge in [0.25, 0.3) is 5.89 Å². The first-order valence-corrected chi connectivity index (χ1v) is 6.38. The summed E-state index contributed by atoms with van der Waals surface area (Å²) >= 11 is 3.32. The molecule has 1 N–H and O–H groups in total. The maximum atomic E-state index is 13.7. The van der Waals surface area contributed by atoms with E-state index in [4.69, 9.17) is 4.52 Å². The lowest BCUT2D eigenvalue weighted by atomic mass is 10.2. The predicted octanol–water partition coefficient (Wildman–Crippen LogP) is 3.41. The molecule has 20 heavy (non-hydrogen) atoms. The van der Waals surface area contributed by atoms with Crippen LogP contribution in [-0.4, -0.2) is 20.2 Å². The van der Waals surface area contributed by atoms with Crippen molar-refractivity contribution in [2.45, 2.75) is 0 Å². The van der Waals surface area contributed by atoms with E-state index in [1.807, 2.05) is 0 Å². The second-order valence-electron chi connectivity index (χ2n) is 3.89. The van der Waals surface area contributed by atoms with Crippen LogP contribution >= 0.6 is 15.9 Å². The van der Waals surface area contributed by atoms with Crippen LogP contribution in [0.5, 0.6) is 5.75 Å². The number of nitrogens with zero attached hydrogens (tertiary/aromatic N) is 3. The minimum absolute atomic E-state index is 0.104. The number of rotatable bonds is 2. The SMILES string of the molecule is Oc1cccc(F)c1-c1nc(-c2ncccc2Br)no1. The largest absolute Gasteiger partial charge is 0.507 e. The van der Waals surface area contributed by atoms with E-state index in [1.165, 1.54) is 18.2 Å². The summed E-state index contributed by atoms with van der Waals surface area (Å²) < 4.78 is 19.4. The topological polar surface area (TPSA) is 72.0 Å². The quantitative estimate of drug-likeness (QED) is 0.776. The summed E-state index contributed by atoms with van der Waals surface area (Å²) in [6.07, 6.45) is 1.58. The van der Waals surface area contributed by atoms with Crippen LogP contribution in [0.3, 0.4) is 0 Å². The summed E-state index contributed by atoms with van der Waals surface area (Å²) in [5.41, 5.74) is 0.344. The highest BCUT2D eigenvalue weighted by Gasteiger charge is 2.19. The van der Waals surface area contributed by atoms with E-state index in [0.717, 1.165) is 0 Å². The molecular weight excluding hydrogens is 329 g/mol. The van der Waals surface area contributed by atoms with E-state index >= 15 is 0 Å². The Morgan fingerprint density at radius 3 is 2.80 bits per heavy atom. The molecule has 5 nitrogen and oxygen atoms in total. The number of phenolic OH excluding ortho intramolecular Hbond substituents is 1. The third kappa shape index (κ3) is 2.16. The smallest absolute Gasteiger partial charge is 0.265 e. The van der Waals surface area contributed by atoms with E-state index in [2.05, 4.69) is 31.1 Å². The van der Waals surface area contributed by atoms with Crippen molar-refractivity contribution in [3.63, 3.8) is 0 Å². The summed E-state index contributed by atoms with van der Waals surface area (Å²) in [5, 5.41) is 13.4. The summed E-state index contributed by atoms with van der Waals surface area (Å²) in [7, 11) is 0. The molecule has 3 rings (SSSR count). The number of benzene rings is 1. The molecule has 0 aliphatic rings. The Bertz CT molecular complexity index is 756. The van der Waals surface area contributed by atoms with E-state index in [-0.39, 0.29) is 23.0 Å². The molecule has 3 aromatic rings. The van der Waals surface area contributed by atoms with Crippen molar-refractivity contribution in [3.05, 3.63) is 46.8 Å². The van der Waals surface area contributed by atoms with Crippen molar-refractivity contribution in [1.29, 1.82) is 0 Å². The minimum Gasteiger partial charge on any atom is -0.507 e. The summed E-state index contributed by atoms with van der Waals surface area (Å²) in [5.74, 6) is -0.802. The van der Waals surface area contributed by atoms with Crippen LogP contribution in [0, 0.1) is 5.82 Å². The van der Waals surface area contributed by atoms with Crippen molar-refractivity contribution in [1.82, 2.24) is 15.1 Å². The third-order valence-corrected chi connectivity index (χ3v) is 3.24. The lowest BCUT2D eigenvalue weighted by molar-refractivity contribution is 0.421. The van der Waals surface area contributed by atoms with Crippen molar-refractivity contribution in [2.24, 2.45) is 0 Å². The summed E-state index contributed by atoms with van der Waals surface area (Å²) in [6, 6.07) is 7.46. The summed E-state index contributed by atoms with van der Waals surface area (Å²) in [6.45, 7) is 0. The number of hydrogen-bond acceptors (Lipinski definition) is 5. The highest BCUT2D eigenvalue weighted by Crippen LogP contribution is 2.32. The Kier molecular flexibility index (Phi) is 3.19. The molecule has 0 bridgehead atoms. The average molecular weight is 336 g/mol. The molecular formula is C13H7BrFN3O2. The molecule has 0 aliphatic carbocycles. The average Bonchev–Trinajstić information content (AvgIpc) is 2.88. The van der Waals surface area contributed by atoms with Crippen molar-refractivity contribution in [3.8, 4) is 28.7 Å². The molecule has 7 heteroatoms. The van der Waals surface area contributed by atoms with Gasteiger partial charge in [-0.25, -0.2) is 4.39 Å². The number of halogens is 2. The Balaban J connectivity index is 2.10. The molecule has 0 spiro atoms. The van der Waals surface area contributed by atoms with Gasteiger partial charge in [-0.05, 0) is 40.2 Å². The number of phenols is 1. The molecule has 0 amide bonds. The predicted molar refractivity (Wildman–Crippen MR) is 72.3 cm³/mol. The zero-order valence-electron chi connectivity index (χ0n) is 9.92. The van der Waals surface area contributed by atoms with Gasteiger partial charge in [-0.2, -0.15) is 4.98 Å². The van der Waals surface area contributed by atoms with Crippen LogP contribution in [0.1, 0.15) is 0 Å². The molecule has 100 valence electrons. The van der Waals surface area contributed by atoms with Crippen molar-refractivity contribution in [2.75, 3.05) is 0 Å². The third-order valence-electron chi connectivity index (χ3n) is 2.60. The fraction of sp³-hybridized carbons (Fsp3) is 0. The lowest BCUT2D eigenvalue weighted by Gasteiger charge is -1.99. The lowest BCUT2D eigenvalue weighted by Crippen LogP contribution is -1.88. The zero-order valence-corrected chi connectivity index (χ0v) is 11.5. The molecule has 2 aromatic heterocycles. The molecule has 0 atom stereocenters. The zero-order chi connectivity index (χ0) is 14.1. The van der Waals surface area contributed by atoms with Gasteiger partial charge < -0.3 is 9.63 Å². The second kappa shape index (κ2) is 5.01. The number of aromatic nitrogens is 3. The van der Waals surface area contributed by atoms with E-state index < -0.39 is 5.82 Å². The van der Waals surface area contributed by atoms with Gasteiger partial charge in [-0.15, -0.1) is 0 Å². The van der Waals surface area contributed by atoms with Gasteiger partial charge in [0, 0.05) is 10.7 Å². The van der Waals surface area contributed by atoms with E-state index in [9.17, 15) is 9.50 Å². The molecule has 2 heterocycles. The first-order valence-electron chi connectivity index (χ1n) is 5.59. The highest BCUT2D eigenvalue weighted by molar-refractivity contribution is 9.10. The number of pyridine rings is 1. The van der Waals surface area contributed by atoms with Crippen molar-refractivity contribution < 1.29 is 14.0 Å². The van der Waals surface area contributed by atoms with Gasteiger partial charge in [0.05, 0.1) is 0 Å². The number of aromatic hydroxyl groups is 1. The van der Waals surface area contributed by atoms with E-state index in [1.54, 1.807) is 18.3 Å². The molecule has 0 unspecified atom stereocenters. The molecule has 0 radical (unpaired) electrons. The highest BCUT2D eigenvalue weighted by atomic mass is 79.9. The van der Waals surface area contributed by atoms with Crippen LogP contribution in [0.2, 0.25) is 0 Å². The minimum atomic E-state index is -0.639. The van der Waals surface area contributed by atoms with E-state index in [0.29, 0.717) is 10.2 Å². The number of hydrogen-bond donors (Lipinski definition) is 1. The maximum absolute atomic E-state index is 13.7. The maximum Gasteiger partial charge on any atom is 0.265 e. The summed E-state index contributed by atoms with van der Waals surface area (Å²) in [4.78, 5) is 8.18. The van der Waals surface area contributed by atoms with Gasteiger partial charge in [0.15, 0.2) is 0 Å². The van der Waals surface area contributed by atoms with Crippen LogP contribution in [0.4, 0.5) is 4.39 Å². The Morgan fingerprint density at radius 2 is 2.05 bits per heavy atom.